The fourth-order valence-electron chi connectivity index (χ4n) is 4.52. The van der Waals surface area contributed by atoms with E-state index in [0.717, 1.165) is 25.7 Å². The Kier molecular flexibility index (Phi) is 3.81. The molecule has 18 heavy (non-hydrogen) atoms. The number of hydrogen-bond donors (Lipinski definition) is 2. The van der Waals surface area contributed by atoms with Gasteiger partial charge in [0.15, 0.2) is 0 Å². The van der Waals surface area contributed by atoms with Crippen LogP contribution in [0.3, 0.4) is 0 Å². The minimum absolute atomic E-state index is 0.000301. The highest BCUT2D eigenvalue weighted by Gasteiger charge is 2.56. The predicted octanol–water partition coefficient (Wildman–Crippen LogP) is 3.47. The molecule has 0 aromatic carbocycles. The zero-order valence-corrected chi connectivity index (χ0v) is 12.5. The van der Waals surface area contributed by atoms with Gasteiger partial charge in [-0.1, -0.05) is 33.6 Å². The summed E-state index contributed by atoms with van der Waals surface area (Å²) in [4.78, 5) is 0. The Bertz CT molecular complexity index is 289. The van der Waals surface area contributed by atoms with Crippen molar-refractivity contribution in [2.75, 3.05) is 6.54 Å². The first-order valence-electron chi connectivity index (χ1n) is 7.82. The quantitative estimate of drug-likeness (QED) is 0.809. The summed E-state index contributed by atoms with van der Waals surface area (Å²) >= 11 is 0. The molecule has 0 amide bonds. The summed E-state index contributed by atoms with van der Waals surface area (Å²) in [5.74, 6) is 0.474. The van der Waals surface area contributed by atoms with Crippen LogP contribution in [-0.4, -0.2) is 17.3 Å². The van der Waals surface area contributed by atoms with Crippen LogP contribution in [0.15, 0.2) is 0 Å². The highest BCUT2D eigenvalue weighted by molar-refractivity contribution is 5.08. The van der Waals surface area contributed by atoms with Gasteiger partial charge in [-0.05, 0) is 49.9 Å². The molecule has 3 N–H and O–H groups in total. The van der Waals surface area contributed by atoms with E-state index in [1.165, 1.54) is 25.7 Å². The summed E-state index contributed by atoms with van der Waals surface area (Å²) < 4.78 is 0. The number of nitrogens with two attached hydrogens (primary N) is 1. The summed E-state index contributed by atoms with van der Waals surface area (Å²) in [7, 11) is 0. The van der Waals surface area contributed by atoms with Crippen LogP contribution < -0.4 is 5.73 Å². The molecule has 2 fully saturated rings. The molecule has 0 saturated heterocycles. The second kappa shape index (κ2) is 4.79. The van der Waals surface area contributed by atoms with Crippen LogP contribution in [-0.2, 0) is 0 Å². The van der Waals surface area contributed by atoms with Gasteiger partial charge in [0.05, 0.1) is 5.60 Å². The van der Waals surface area contributed by atoms with Crippen LogP contribution in [0, 0.1) is 16.7 Å². The lowest BCUT2D eigenvalue weighted by atomic mass is 9.55. The first-order valence-corrected chi connectivity index (χ1v) is 7.82. The lowest BCUT2D eigenvalue weighted by Gasteiger charge is -2.53. The Morgan fingerprint density at radius 1 is 1.11 bits per heavy atom. The molecule has 0 aliphatic heterocycles. The molecule has 106 valence electrons. The van der Waals surface area contributed by atoms with Gasteiger partial charge in [0.2, 0.25) is 0 Å². The van der Waals surface area contributed by atoms with E-state index in [4.69, 9.17) is 5.73 Å². The summed E-state index contributed by atoms with van der Waals surface area (Å²) in [6, 6.07) is 0. The molecule has 2 nitrogen and oxygen atoms in total. The third kappa shape index (κ3) is 2.12. The topological polar surface area (TPSA) is 46.2 Å². The minimum atomic E-state index is -0.479. The molecular weight excluding hydrogens is 222 g/mol. The van der Waals surface area contributed by atoms with Crippen molar-refractivity contribution in [3.63, 3.8) is 0 Å². The Balaban J connectivity index is 2.22. The molecule has 2 heteroatoms. The van der Waals surface area contributed by atoms with Gasteiger partial charge in [0.1, 0.15) is 0 Å². The third-order valence-corrected chi connectivity index (χ3v) is 6.15. The van der Waals surface area contributed by atoms with Crippen LogP contribution in [0.25, 0.3) is 0 Å². The fourth-order valence-corrected chi connectivity index (χ4v) is 4.52. The molecule has 2 aliphatic rings. The molecule has 2 unspecified atom stereocenters. The Labute approximate surface area is 112 Å². The van der Waals surface area contributed by atoms with Gasteiger partial charge >= 0.3 is 0 Å². The van der Waals surface area contributed by atoms with Gasteiger partial charge in [-0.15, -0.1) is 0 Å². The maximum atomic E-state index is 11.3. The first kappa shape index (κ1) is 14.3. The van der Waals surface area contributed by atoms with Crippen molar-refractivity contribution in [2.24, 2.45) is 22.5 Å². The van der Waals surface area contributed by atoms with Gasteiger partial charge < -0.3 is 10.8 Å². The van der Waals surface area contributed by atoms with E-state index in [-0.39, 0.29) is 5.41 Å². The van der Waals surface area contributed by atoms with Crippen molar-refractivity contribution in [2.45, 2.75) is 77.7 Å². The normalized spacial score (nSPS) is 38.8. The fraction of sp³-hybridized carbons (Fsp3) is 1.00. The maximum absolute atomic E-state index is 11.3. The average Bonchev–Trinajstić information content (AvgIpc) is 2.72. The molecule has 2 rings (SSSR count). The van der Waals surface area contributed by atoms with Crippen LogP contribution >= 0.6 is 0 Å². The van der Waals surface area contributed by atoms with E-state index in [1.54, 1.807) is 0 Å². The van der Waals surface area contributed by atoms with E-state index >= 15 is 0 Å². The van der Waals surface area contributed by atoms with Gasteiger partial charge in [0, 0.05) is 12.0 Å². The molecule has 2 aliphatic carbocycles. The Hall–Kier alpha value is -0.0800. The minimum Gasteiger partial charge on any atom is -0.389 e. The van der Waals surface area contributed by atoms with Crippen molar-refractivity contribution in [3.05, 3.63) is 0 Å². The van der Waals surface area contributed by atoms with E-state index < -0.39 is 5.60 Å². The number of hydrogen-bond acceptors (Lipinski definition) is 2. The van der Waals surface area contributed by atoms with Gasteiger partial charge in [0.25, 0.3) is 0 Å². The monoisotopic (exact) mass is 253 g/mol. The highest BCUT2D eigenvalue weighted by atomic mass is 16.3. The van der Waals surface area contributed by atoms with Crippen molar-refractivity contribution < 1.29 is 5.11 Å². The predicted molar refractivity (Wildman–Crippen MR) is 76.3 cm³/mol. The van der Waals surface area contributed by atoms with E-state index in [1.807, 2.05) is 0 Å². The van der Waals surface area contributed by atoms with Crippen molar-refractivity contribution in [3.8, 4) is 0 Å². The standard InChI is InChI=1S/C16H31NO/c1-4-13-6-5-7-16(13,18)15(12-17)10-8-14(2,3)9-11-15/h13,18H,4-12,17H2,1-3H3. The number of rotatable bonds is 3. The molecule has 0 spiro atoms. The second-order valence-electron chi connectivity index (χ2n) is 7.57. The van der Waals surface area contributed by atoms with Crippen molar-refractivity contribution >= 4 is 0 Å². The van der Waals surface area contributed by atoms with Crippen LogP contribution in [0.2, 0.25) is 0 Å². The summed E-state index contributed by atoms with van der Waals surface area (Å²) in [5.41, 5.74) is 6.11. The molecule has 0 radical (unpaired) electrons. The Morgan fingerprint density at radius 3 is 2.22 bits per heavy atom. The molecule has 0 bridgehead atoms. The number of aliphatic hydroxyl groups is 1. The van der Waals surface area contributed by atoms with E-state index in [9.17, 15) is 5.11 Å². The first-order chi connectivity index (χ1) is 8.39. The smallest absolute Gasteiger partial charge is 0.0743 e. The Morgan fingerprint density at radius 2 is 1.72 bits per heavy atom. The molecule has 0 aromatic rings. The lowest BCUT2D eigenvalue weighted by Crippen LogP contribution is -2.56. The van der Waals surface area contributed by atoms with Crippen LogP contribution in [0.1, 0.15) is 72.1 Å². The molecule has 0 aromatic heterocycles. The molecular formula is C16H31NO. The van der Waals surface area contributed by atoms with Gasteiger partial charge in [-0.2, -0.15) is 0 Å². The summed E-state index contributed by atoms with van der Waals surface area (Å²) in [5, 5.41) is 11.3. The maximum Gasteiger partial charge on any atom is 0.0743 e. The van der Waals surface area contributed by atoms with Crippen LogP contribution in [0.4, 0.5) is 0 Å². The molecule has 0 heterocycles. The zero-order chi connectivity index (χ0) is 13.4. The zero-order valence-electron chi connectivity index (χ0n) is 12.5. The van der Waals surface area contributed by atoms with Crippen molar-refractivity contribution in [1.29, 1.82) is 0 Å². The second-order valence-corrected chi connectivity index (χ2v) is 7.57. The van der Waals surface area contributed by atoms with Gasteiger partial charge in [-0.25, -0.2) is 0 Å². The van der Waals surface area contributed by atoms with Gasteiger partial charge in [-0.3, -0.25) is 0 Å². The summed E-state index contributed by atoms with van der Waals surface area (Å²) in [6.45, 7) is 7.58. The SMILES string of the molecule is CCC1CCCC1(O)C1(CN)CCC(C)(C)CC1. The van der Waals surface area contributed by atoms with E-state index in [0.29, 0.717) is 17.9 Å². The van der Waals surface area contributed by atoms with Crippen molar-refractivity contribution in [1.82, 2.24) is 0 Å². The third-order valence-electron chi connectivity index (χ3n) is 6.15. The summed E-state index contributed by atoms with van der Waals surface area (Å²) in [6.07, 6.45) is 9.10. The molecule has 2 saturated carbocycles. The lowest BCUT2D eigenvalue weighted by molar-refractivity contribution is -0.136. The molecule has 2 atom stereocenters. The average molecular weight is 253 g/mol. The van der Waals surface area contributed by atoms with Crippen LogP contribution in [0.5, 0.6) is 0 Å². The largest absolute Gasteiger partial charge is 0.389 e. The highest BCUT2D eigenvalue weighted by Crippen LogP contribution is 2.57. The van der Waals surface area contributed by atoms with E-state index in [2.05, 4.69) is 20.8 Å².